The fraction of sp³-hybridized carbons (Fsp3) is 0.303. The summed E-state index contributed by atoms with van der Waals surface area (Å²) in [5, 5.41) is 6.06. The summed E-state index contributed by atoms with van der Waals surface area (Å²) >= 11 is 14.3. The number of para-hydroxylation sites is 2. The predicted octanol–water partition coefficient (Wildman–Crippen LogP) is 9.20. The van der Waals surface area contributed by atoms with Crippen LogP contribution in [-0.4, -0.2) is 26.9 Å². The lowest BCUT2D eigenvalue weighted by atomic mass is 9.85. The summed E-state index contributed by atoms with van der Waals surface area (Å²) in [6, 6.07) is 24.5. The van der Waals surface area contributed by atoms with Crippen LogP contribution in [0, 0.1) is 12.8 Å². The Labute approximate surface area is 250 Å². The Morgan fingerprint density at radius 1 is 1.00 bits per heavy atom. The molecule has 1 aliphatic carbocycles. The highest BCUT2D eigenvalue weighted by molar-refractivity contribution is 8.05. The number of amides is 1. The fourth-order valence-electron chi connectivity index (χ4n) is 6.16. The number of carbonyl (C=O) groups is 1. The van der Waals surface area contributed by atoms with E-state index in [1.807, 2.05) is 30.3 Å². The highest BCUT2D eigenvalue weighted by Crippen LogP contribution is 2.43. The van der Waals surface area contributed by atoms with Gasteiger partial charge in [0.15, 0.2) is 5.50 Å². The Morgan fingerprint density at radius 3 is 2.52 bits per heavy atom. The zero-order valence-electron chi connectivity index (χ0n) is 22.7. The summed E-state index contributed by atoms with van der Waals surface area (Å²) in [6.45, 7) is 5.04. The van der Waals surface area contributed by atoms with E-state index in [1.165, 1.54) is 12.8 Å². The van der Waals surface area contributed by atoms with Gasteiger partial charge in [-0.15, -0.1) is 0 Å². The fourth-order valence-corrected chi connectivity index (χ4v) is 7.82. The molecule has 2 aliphatic rings. The van der Waals surface area contributed by atoms with Gasteiger partial charge in [-0.1, -0.05) is 97.2 Å². The number of nitrogens with zero attached hydrogens (tertiary/aromatic N) is 2. The van der Waals surface area contributed by atoms with E-state index in [9.17, 15) is 4.79 Å². The molecular weight excluding hydrogens is 557 g/mol. The molecule has 40 heavy (non-hydrogen) atoms. The molecule has 1 N–H and O–H groups in total. The van der Waals surface area contributed by atoms with Crippen LogP contribution in [0.3, 0.4) is 0 Å². The Hall–Kier alpha value is -2.86. The van der Waals surface area contributed by atoms with Crippen LogP contribution < -0.4 is 5.32 Å². The van der Waals surface area contributed by atoms with E-state index in [1.54, 1.807) is 17.8 Å². The molecule has 0 bridgehead atoms. The lowest BCUT2D eigenvalue weighted by molar-refractivity contribution is -0.129. The minimum atomic E-state index is -0.145. The van der Waals surface area contributed by atoms with Crippen molar-refractivity contribution in [3.8, 4) is 0 Å². The quantitative estimate of drug-likeness (QED) is 0.228. The van der Waals surface area contributed by atoms with Crippen molar-refractivity contribution < 1.29 is 4.79 Å². The van der Waals surface area contributed by atoms with E-state index >= 15 is 0 Å². The largest absolute Gasteiger partial charge is 0.356 e. The van der Waals surface area contributed by atoms with Crippen molar-refractivity contribution in [2.24, 2.45) is 5.92 Å². The Kier molecular flexibility index (Phi) is 7.89. The number of carbonyl (C=O) groups excluding carboxylic acids is 1. The van der Waals surface area contributed by atoms with Crippen molar-refractivity contribution in [1.29, 1.82) is 0 Å². The zero-order valence-corrected chi connectivity index (χ0v) is 25.1. The molecule has 1 amide bonds. The molecule has 6 rings (SSSR count). The van der Waals surface area contributed by atoms with Gasteiger partial charge in [0.05, 0.1) is 4.91 Å². The van der Waals surface area contributed by atoms with Crippen LogP contribution in [0.2, 0.25) is 10.0 Å². The number of rotatable bonds is 6. The molecule has 7 heteroatoms. The first-order valence-electron chi connectivity index (χ1n) is 13.9. The maximum Gasteiger partial charge on any atom is 0.262 e. The molecule has 2 heterocycles. The SMILES string of the molecule is Cc1c(/C=C2\SC(Nc3ccccc3)N([C@@H]3CCCC[C@H]3C)C2=O)c2ccccc2n1Cc1ccc(Cl)cc1Cl. The molecule has 1 unspecified atom stereocenters. The third-order valence-corrected chi connectivity index (χ3v) is 10.0. The molecule has 1 saturated carbocycles. The highest BCUT2D eigenvalue weighted by atomic mass is 35.5. The number of fused-ring (bicyclic) bond motifs is 1. The van der Waals surface area contributed by atoms with Crippen molar-refractivity contribution in [2.75, 3.05) is 5.32 Å². The summed E-state index contributed by atoms with van der Waals surface area (Å²) in [7, 11) is 0. The van der Waals surface area contributed by atoms with Crippen LogP contribution in [0.5, 0.6) is 0 Å². The van der Waals surface area contributed by atoms with Gasteiger partial charge in [-0.25, -0.2) is 0 Å². The zero-order chi connectivity index (χ0) is 27.8. The third-order valence-electron chi connectivity index (χ3n) is 8.32. The van der Waals surface area contributed by atoms with E-state index in [0.29, 0.717) is 22.5 Å². The van der Waals surface area contributed by atoms with E-state index < -0.39 is 0 Å². The Bertz CT molecular complexity index is 1580. The molecule has 206 valence electrons. The van der Waals surface area contributed by atoms with Gasteiger partial charge >= 0.3 is 0 Å². The van der Waals surface area contributed by atoms with Crippen molar-refractivity contribution >= 4 is 63.5 Å². The summed E-state index contributed by atoms with van der Waals surface area (Å²) in [5.41, 5.74) is 5.18. The molecule has 2 fully saturated rings. The van der Waals surface area contributed by atoms with Gasteiger partial charge in [0.25, 0.3) is 5.91 Å². The second-order valence-corrected chi connectivity index (χ2v) is 12.8. The number of hydrogen-bond donors (Lipinski definition) is 1. The normalized spacial score (nSPS) is 22.4. The Balaban J connectivity index is 1.40. The molecule has 0 spiro atoms. The first-order chi connectivity index (χ1) is 19.4. The van der Waals surface area contributed by atoms with Crippen molar-refractivity contribution in [3.63, 3.8) is 0 Å². The number of aromatic nitrogens is 1. The average Bonchev–Trinajstić information content (AvgIpc) is 3.39. The van der Waals surface area contributed by atoms with Gasteiger partial charge in [0.1, 0.15) is 0 Å². The molecule has 1 aromatic heterocycles. The highest BCUT2D eigenvalue weighted by Gasteiger charge is 2.43. The van der Waals surface area contributed by atoms with Crippen molar-refractivity contribution in [1.82, 2.24) is 9.47 Å². The molecule has 4 aromatic rings. The second-order valence-electron chi connectivity index (χ2n) is 10.9. The van der Waals surface area contributed by atoms with Gasteiger partial charge in [0.2, 0.25) is 0 Å². The van der Waals surface area contributed by atoms with E-state index in [2.05, 4.69) is 71.1 Å². The molecule has 1 aliphatic heterocycles. The number of hydrogen-bond acceptors (Lipinski definition) is 3. The van der Waals surface area contributed by atoms with E-state index in [4.69, 9.17) is 23.2 Å². The minimum Gasteiger partial charge on any atom is -0.356 e. The molecule has 3 atom stereocenters. The van der Waals surface area contributed by atoms with Gasteiger partial charge in [-0.05, 0) is 67.7 Å². The summed E-state index contributed by atoms with van der Waals surface area (Å²) < 4.78 is 2.28. The first kappa shape index (κ1) is 27.3. The van der Waals surface area contributed by atoms with Crippen LogP contribution >= 0.6 is 35.0 Å². The smallest absolute Gasteiger partial charge is 0.262 e. The monoisotopic (exact) mass is 589 g/mol. The third kappa shape index (κ3) is 5.27. The average molecular weight is 591 g/mol. The summed E-state index contributed by atoms with van der Waals surface area (Å²) in [4.78, 5) is 17.0. The lowest BCUT2D eigenvalue weighted by Gasteiger charge is -2.39. The molecule has 3 aromatic carbocycles. The maximum atomic E-state index is 14.1. The molecule has 4 nitrogen and oxygen atoms in total. The van der Waals surface area contributed by atoms with E-state index in [0.717, 1.165) is 51.2 Å². The number of thioether (sulfide) groups is 1. The van der Waals surface area contributed by atoms with Gasteiger partial charge < -0.3 is 14.8 Å². The Morgan fingerprint density at radius 2 is 1.75 bits per heavy atom. The van der Waals surface area contributed by atoms with E-state index in [-0.39, 0.29) is 17.4 Å². The molecular formula is C33H33Cl2N3OS. The van der Waals surface area contributed by atoms with Crippen LogP contribution in [0.15, 0.2) is 77.7 Å². The molecule has 1 saturated heterocycles. The maximum absolute atomic E-state index is 14.1. The topological polar surface area (TPSA) is 37.3 Å². The van der Waals surface area contributed by atoms with Crippen molar-refractivity contribution in [2.45, 2.75) is 57.6 Å². The number of anilines is 1. The summed E-state index contributed by atoms with van der Waals surface area (Å²) in [6.07, 6.45) is 6.73. The number of nitrogens with one attached hydrogen (secondary N) is 1. The standard InChI is InChI=1S/C33H33Cl2N3OS/c1-21-10-6-8-14-29(21)38-32(39)31(40-33(38)36-25-11-4-3-5-12-25)19-27-22(2)37(30-15-9-7-13-26(27)30)20-23-16-17-24(34)18-28(23)35/h3-5,7,9,11-13,15-19,21,29,33,36H,6,8,10,14,20H2,1-2H3/b31-19-/t21-,29-,33?/m1/s1. The molecule has 0 radical (unpaired) electrons. The van der Waals surface area contributed by atoms with Gasteiger partial charge in [0, 0.05) is 50.5 Å². The first-order valence-corrected chi connectivity index (χ1v) is 15.6. The van der Waals surface area contributed by atoms with Gasteiger partial charge in [-0.2, -0.15) is 0 Å². The van der Waals surface area contributed by atoms with Crippen molar-refractivity contribution in [3.05, 3.63) is 105 Å². The van der Waals surface area contributed by atoms with Crippen LogP contribution in [0.25, 0.3) is 17.0 Å². The predicted molar refractivity (Wildman–Crippen MR) is 170 cm³/mol. The van der Waals surface area contributed by atoms with Gasteiger partial charge in [-0.3, -0.25) is 4.79 Å². The minimum absolute atomic E-state index is 0.120. The lowest BCUT2D eigenvalue weighted by Crippen LogP contribution is -2.48. The van der Waals surface area contributed by atoms with Crippen LogP contribution in [0.1, 0.15) is 49.4 Å². The summed E-state index contributed by atoms with van der Waals surface area (Å²) in [5.74, 6) is 0.597. The second kappa shape index (κ2) is 11.6. The van der Waals surface area contributed by atoms with Crippen LogP contribution in [0.4, 0.5) is 5.69 Å². The number of benzene rings is 3. The number of halogens is 2. The van der Waals surface area contributed by atoms with Crippen LogP contribution in [-0.2, 0) is 11.3 Å².